The van der Waals surface area contributed by atoms with Crippen LogP contribution < -0.4 is 19.9 Å². The molecule has 216 valence electrons. The van der Waals surface area contributed by atoms with Gasteiger partial charge in [0.2, 0.25) is 11.9 Å². The van der Waals surface area contributed by atoms with Crippen molar-refractivity contribution in [2.75, 3.05) is 41.3 Å². The van der Waals surface area contributed by atoms with Gasteiger partial charge in [-0.05, 0) is 54.6 Å². The molecule has 0 radical (unpaired) electrons. The van der Waals surface area contributed by atoms with Crippen LogP contribution >= 0.6 is 0 Å². The van der Waals surface area contributed by atoms with E-state index < -0.39 is 17.3 Å². The predicted octanol–water partition coefficient (Wildman–Crippen LogP) is 6.31. The van der Waals surface area contributed by atoms with Gasteiger partial charge >= 0.3 is 12.2 Å². The lowest BCUT2D eigenvalue weighted by Gasteiger charge is -2.36. The zero-order valence-electron chi connectivity index (χ0n) is 22.4. The molecule has 6 rings (SSSR count). The van der Waals surface area contributed by atoms with Gasteiger partial charge in [-0.15, -0.1) is 0 Å². The molecule has 3 aromatic carbocycles. The molecule has 1 N–H and O–H groups in total. The fourth-order valence-electron chi connectivity index (χ4n) is 4.75. The molecule has 0 bridgehead atoms. The highest BCUT2D eigenvalue weighted by molar-refractivity contribution is 5.84. The van der Waals surface area contributed by atoms with Crippen molar-refractivity contribution in [2.24, 2.45) is 0 Å². The van der Waals surface area contributed by atoms with Crippen LogP contribution in [0.3, 0.4) is 0 Å². The van der Waals surface area contributed by atoms with Gasteiger partial charge < -0.3 is 19.9 Å². The first-order valence-corrected chi connectivity index (χ1v) is 13.2. The Bertz CT molecular complexity index is 1810. The first kappa shape index (κ1) is 27.6. The average Bonchev–Trinajstić information content (AvgIpc) is 3.01. The van der Waals surface area contributed by atoms with Crippen molar-refractivity contribution in [1.29, 1.82) is 5.26 Å². The minimum Gasteiger partial charge on any atom is -0.422 e. The molecule has 1 fully saturated rings. The smallest absolute Gasteiger partial charge is 0.417 e. The largest absolute Gasteiger partial charge is 0.422 e. The Balaban J connectivity index is 1.32. The molecule has 5 aromatic rings. The van der Waals surface area contributed by atoms with E-state index in [0.717, 1.165) is 23.2 Å². The zero-order chi connectivity index (χ0) is 30.0. The minimum atomic E-state index is -4.73. The van der Waals surface area contributed by atoms with Crippen LogP contribution in [0.5, 0.6) is 11.8 Å². The Morgan fingerprint density at radius 3 is 2.35 bits per heavy atom. The van der Waals surface area contributed by atoms with Crippen molar-refractivity contribution in [3.63, 3.8) is 0 Å². The van der Waals surface area contributed by atoms with Gasteiger partial charge in [-0.25, -0.2) is 4.39 Å². The van der Waals surface area contributed by atoms with E-state index in [4.69, 9.17) is 10.00 Å². The molecule has 43 heavy (non-hydrogen) atoms. The monoisotopic (exact) mass is 586 g/mol. The lowest BCUT2D eigenvalue weighted by Crippen LogP contribution is -2.47. The summed E-state index contributed by atoms with van der Waals surface area (Å²) in [6, 6.07) is 20.1. The second-order valence-electron chi connectivity index (χ2n) is 9.62. The number of nitrogens with one attached hydrogen (secondary N) is 1. The van der Waals surface area contributed by atoms with Crippen LogP contribution in [0.1, 0.15) is 11.1 Å². The quantitative estimate of drug-likeness (QED) is 0.229. The Morgan fingerprint density at radius 2 is 1.60 bits per heavy atom. The number of anilines is 4. The van der Waals surface area contributed by atoms with E-state index in [1.54, 1.807) is 42.6 Å². The average molecular weight is 587 g/mol. The third-order valence-corrected chi connectivity index (χ3v) is 6.86. The zero-order valence-corrected chi connectivity index (χ0v) is 22.4. The van der Waals surface area contributed by atoms with Crippen LogP contribution in [0.2, 0.25) is 0 Å². The molecule has 3 heterocycles. The molecule has 13 heteroatoms. The van der Waals surface area contributed by atoms with Crippen LogP contribution in [-0.4, -0.2) is 46.1 Å². The molecule has 1 saturated heterocycles. The summed E-state index contributed by atoms with van der Waals surface area (Å²) in [5.41, 5.74) is -0.0862. The molecule has 0 saturated carbocycles. The summed E-state index contributed by atoms with van der Waals surface area (Å²) in [5, 5.41) is 12.8. The summed E-state index contributed by atoms with van der Waals surface area (Å²) in [5.74, 6) is 0.280. The van der Waals surface area contributed by atoms with Gasteiger partial charge in [0.1, 0.15) is 11.3 Å². The number of para-hydroxylation sites is 1. The molecule has 1 aliphatic heterocycles. The number of nitrogens with zero attached hydrogens (tertiary/aromatic N) is 7. The van der Waals surface area contributed by atoms with E-state index in [9.17, 15) is 17.6 Å². The van der Waals surface area contributed by atoms with E-state index in [2.05, 4.69) is 30.2 Å². The summed E-state index contributed by atoms with van der Waals surface area (Å²) in [4.78, 5) is 21.7. The summed E-state index contributed by atoms with van der Waals surface area (Å²) < 4.78 is 60.2. The third-order valence-electron chi connectivity index (χ3n) is 6.86. The SMILES string of the molecule is N#Cc1ccc(Nc2nc(Oc3cccc4cccnc34)nc(N3CCN(c4ccc(F)cc4)CC3)n2)cc1C(F)(F)F. The minimum absolute atomic E-state index is 0.0300. The van der Waals surface area contributed by atoms with Crippen molar-refractivity contribution in [3.05, 3.63) is 95.9 Å². The summed E-state index contributed by atoms with van der Waals surface area (Å²) in [7, 11) is 0. The molecule has 1 aliphatic rings. The summed E-state index contributed by atoms with van der Waals surface area (Å²) in [6.07, 6.45) is -3.10. The van der Waals surface area contributed by atoms with Crippen molar-refractivity contribution >= 4 is 34.2 Å². The molecular formula is C30H22F4N8O. The first-order chi connectivity index (χ1) is 20.8. The van der Waals surface area contributed by atoms with E-state index >= 15 is 0 Å². The summed E-state index contributed by atoms with van der Waals surface area (Å²) >= 11 is 0. The second kappa shape index (κ2) is 11.4. The number of hydrogen-bond acceptors (Lipinski definition) is 9. The van der Waals surface area contributed by atoms with Gasteiger partial charge in [0.05, 0.1) is 17.2 Å². The molecule has 0 aliphatic carbocycles. The maximum absolute atomic E-state index is 13.6. The van der Waals surface area contributed by atoms with Crippen molar-refractivity contribution in [3.8, 4) is 17.8 Å². The second-order valence-corrected chi connectivity index (χ2v) is 9.62. The fraction of sp³-hybridized carbons (Fsp3) is 0.167. The van der Waals surface area contributed by atoms with Crippen LogP contribution in [0, 0.1) is 17.1 Å². The van der Waals surface area contributed by atoms with Gasteiger partial charge in [0.25, 0.3) is 0 Å². The Morgan fingerprint density at radius 1 is 0.860 bits per heavy atom. The number of halogens is 4. The van der Waals surface area contributed by atoms with Crippen LogP contribution in [0.25, 0.3) is 10.9 Å². The van der Waals surface area contributed by atoms with Crippen LogP contribution in [0.4, 0.5) is 40.8 Å². The molecular weight excluding hydrogens is 564 g/mol. The van der Waals surface area contributed by atoms with Crippen molar-refractivity contribution < 1.29 is 22.3 Å². The standard InChI is InChI=1S/C30H22F4N8O/c31-21-7-10-23(11-8-21)41-13-15-42(16-14-41)28-38-27(37-22-9-6-20(18-35)24(17-22)30(32,33)34)39-29(40-28)43-25-5-1-3-19-4-2-12-36-26(19)25/h1-12,17H,13-16H2,(H,37,38,39,40). The number of aromatic nitrogens is 4. The van der Waals surface area contributed by atoms with Crippen molar-refractivity contribution in [1.82, 2.24) is 19.9 Å². The predicted molar refractivity (Wildman–Crippen MR) is 152 cm³/mol. The number of nitriles is 1. The first-order valence-electron chi connectivity index (χ1n) is 13.2. The number of ether oxygens (including phenoxy) is 1. The number of benzene rings is 3. The molecule has 0 amide bonds. The van der Waals surface area contributed by atoms with E-state index in [-0.39, 0.29) is 29.4 Å². The normalized spacial score (nSPS) is 13.6. The van der Waals surface area contributed by atoms with Gasteiger partial charge in [0, 0.05) is 49.1 Å². The van der Waals surface area contributed by atoms with Gasteiger partial charge in [-0.2, -0.15) is 33.4 Å². The summed E-state index contributed by atoms with van der Waals surface area (Å²) in [6.45, 7) is 2.19. The number of fused-ring (bicyclic) bond motifs is 1. The van der Waals surface area contributed by atoms with Crippen molar-refractivity contribution in [2.45, 2.75) is 6.18 Å². The number of rotatable bonds is 6. The Hall–Kier alpha value is -5.51. The third kappa shape index (κ3) is 6.08. The fourth-order valence-corrected chi connectivity index (χ4v) is 4.75. The molecule has 0 unspecified atom stereocenters. The lowest BCUT2D eigenvalue weighted by molar-refractivity contribution is -0.137. The van der Waals surface area contributed by atoms with Gasteiger partial charge in [-0.3, -0.25) is 4.98 Å². The Kier molecular flexibility index (Phi) is 7.33. The van der Waals surface area contributed by atoms with Gasteiger partial charge in [0.15, 0.2) is 5.75 Å². The lowest BCUT2D eigenvalue weighted by atomic mass is 10.1. The van der Waals surface area contributed by atoms with Crippen LogP contribution in [0.15, 0.2) is 79.0 Å². The highest BCUT2D eigenvalue weighted by Crippen LogP contribution is 2.34. The van der Waals surface area contributed by atoms with E-state index in [1.807, 2.05) is 17.0 Å². The molecule has 0 spiro atoms. The Labute approximate surface area is 243 Å². The highest BCUT2D eigenvalue weighted by atomic mass is 19.4. The number of alkyl halides is 3. The van der Waals surface area contributed by atoms with E-state index in [0.29, 0.717) is 37.4 Å². The van der Waals surface area contributed by atoms with E-state index in [1.165, 1.54) is 18.2 Å². The van der Waals surface area contributed by atoms with Crippen LogP contribution in [-0.2, 0) is 6.18 Å². The molecule has 9 nitrogen and oxygen atoms in total. The number of pyridine rings is 1. The molecule has 2 aromatic heterocycles. The maximum Gasteiger partial charge on any atom is 0.417 e. The molecule has 0 atom stereocenters. The maximum atomic E-state index is 13.6. The number of piperazine rings is 1. The highest BCUT2D eigenvalue weighted by Gasteiger charge is 2.34. The topological polar surface area (TPSA) is 103 Å². The number of hydrogen-bond donors (Lipinski definition) is 1. The van der Waals surface area contributed by atoms with Gasteiger partial charge in [-0.1, -0.05) is 18.2 Å².